The van der Waals surface area contributed by atoms with Gasteiger partial charge in [-0.05, 0) is 43.4 Å². The van der Waals surface area contributed by atoms with E-state index >= 15 is 4.39 Å². The fourth-order valence-electron chi connectivity index (χ4n) is 5.00. The molecule has 8 nitrogen and oxygen atoms in total. The van der Waals surface area contributed by atoms with Gasteiger partial charge in [0.05, 0.1) is 36.5 Å². The van der Waals surface area contributed by atoms with Gasteiger partial charge in [-0.1, -0.05) is 38.3 Å². The number of amides is 1. The zero-order valence-corrected chi connectivity index (χ0v) is 21.7. The van der Waals surface area contributed by atoms with E-state index in [4.69, 9.17) is 9.26 Å². The molecule has 198 valence electrons. The molecule has 1 saturated carbocycles. The van der Waals surface area contributed by atoms with E-state index in [-0.39, 0.29) is 37.3 Å². The quantitative estimate of drug-likeness (QED) is 0.405. The number of carbonyl (C=O) groups excluding carboxylic acids is 1. The van der Waals surface area contributed by atoms with Gasteiger partial charge in [-0.15, -0.1) is 0 Å². The number of carbonyl (C=O) groups is 2. The molecule has 0 bridgehead atoms. The minimum atomic E-state index is -1.00. The van der Waals surface area contributed by atoms with Crippen LogP contribution in [0.1, 0.15) is 75.3 Å². The summed E-state index contributed by atoms with van der Waals surface area (Å²) in [6.07, 6.45) is 5.03. The van der Waals surface area contributed by atoms with Crippen molar-refractivity contribution in [1.29, 1.82) is 0 Å². The van der Waals surface area contributed by atoms with Crippen LogP contribution >= 0.6 is 0 Å². The van der Waals surface area contributed by atoms with E-state index in [0.29, 0.717) is 34.9 Å². The Bertz CT molecular complexity index is 1030. The molecule has 2 N–H and O–H groups in total. The normalized spacial score (nSPS) is 15.2. The molecular formula is C27H38FN3O5. The third-order valence-corrected chi connectivity index (χ3v) is 6.50. The Hall–Kier alpha value is -2.94. The lowest BCUT2D eigenvalue weighted by Crippen LogP contribution is -2.40. The van der Waals surface area contributed by atoms with Crippen LogP contribution in [0.2, 0.25) is 0 Å². The van der Waals surface area contributed by atoms with Crippen LogP contribution in [0, 0.1) is 18.7 Å². The molecule has 1 aliphatic carbocycles. The number of nitrogens with zero attached hydrogens (tertiary/aromatic N) is 2. The van der Waals surface area contributed by atoms with Gasteiger partial charge < -0.3 is 24.6 Å². The summed E-state index contributed by atoms with van der Waals surface area (Å²) < 4.78 is 26.3. The van der Waals surface area contributed by atoms with E-state index in [0.717, 1.165) is 25.7 Å². The zero-order chi connectivity index (χ0) is 26.2. The second-order valence-electron chi connectivity index (χ2n) is 10.1. The molecule has 3 rings (SSSR count). The molecule has 1 aliphatic rings. The third-order valence-electron chi connectivity index (χ3n) is 6.50. The van der Waals surface area contributed by atoms with Gasteiger partial charge >= 0.3 is 5.97 Å². The lowest BCUT2D eigenvalue weighted by molar-refractivity contribution is -0.137. The molecule has 1 aromatic carbocycles. The van der Waals surface area contributed by atoms with Crippen molar-refractivity contribution in [2.75, 3.05) is 30.5 Å². The molecule has 0 spiro atoms. The number of halogens is 1. The number of benzene rings is 1. The van der Waals surface area contributed by atoms with Crippen LogP contribution in [0.4, 0.5) is 15.8 Å². The first kappa shape index (κ1) is 27.6. The monoisotopic (exact) mass is 503 g/mol. The number of anilines is 2. The maximum absolute atomic E-state index is 16.0. The topological polar surface area (TPSA) is 105 Å². The summed E-state index contributed by atoms with van der Waals surface area (Å²) in [5.41, 5.74) is 1.65. The smallest absolute Gasteiger partial charge is 0.304 e. The SMILES string of the molecule is COCC(CC(=O)O)c1cc(F)c(N(CC(C)C)C2CCCCC2)c(NC(=O)Cc2cc(C)on2)c1. The van der Waals surface area contributed by atoms with Crippen molar-refractivity contribution in [3.8, 4) is 0 Å². The predicted octanol–water partition coefficient (Wildman–Crippen LogP) is 5.30. The van der Waals surface area contributed by atoms with Crippen LogP contribution in [-0.2, 0) is 20.7 Å². The fraction of sp³-hybridized carbons (Fsp3) is 0.593. The second kappa shape index (κ2) is 12.9. The molecular weight excluding hydrogens is 465 g/mol. The van der Waals surface area contributed by atoms with Crippen LogP contribution in [0.15, 0.2) is 22.7 Å². The number of aliphatic carboxylic acids is 1. The van der Waals surface area contributed by atoms with Crippen LogP contribution < -0.4 is 10.2 Å². The molecule has 0 saturated heterocycles. The number of aryl methyl sites for hydroxylation is 1. The fourth-order valence-corrected chi connectivity index (χ4v) is 5.00. The van der Waals surface area contributed by atoms with Gasteiger partial charge in [0.15, 0.2) is 0 Å². The minimum Gasteiger partial charge on any atom is -0.481 e. The summed E-state index contributed by atoms with van der Waals surface area (Å²) >= 11 is 0. The summed E-state index contributed by atoms with van der Waals surface area (Å²) in [6.45, 7) is 6.69. The van der Waals surface area contributed by atoms with E-state index < -0.39 is 17.7 Å². The summed E-state index contributed by atoms with van der Waals surface area (Å²) in [6, 6.07) is 4.96. The molecule has 1 heterocycles. The zero-order valence-electron chi connectivity index (χ0n) is 21.7. The maximum atomic E-state index is 16.0. The van der Waals surface area contributed by atoms with Gasteiger partial charge in [0, 0.05) is 31.7 Å². The molecule has 1 aromatic heterocycles. The van der Waals surface area contributed by atoms with Crippen molar-refractivity contribution in [3.05, 3.63) is 41.0 Å². The standard InChI is InChI=1S/C27H38FN3O5/c1-17(2)15-31(22-8-6-5-7-9-22)27-23(28)11-19(20(16-35-4)13-26(33)34)12-24(27)29-25(32)14-21-10-18(3)36-30-21/h10-12,17,20,22H,5-9,13-16H2,1-4H3,(H,29,32)(H,33,34). The summed E-state index contributed by atoms with van der Waals surface area (Å²) in [5, 5.41) is 16.2. The Balaban J connectivity index is 2.04. The van der Waals surface area contributed by atoms with Gasteiger partial charge in [0.25, 0.3) is 0 Å². The average Bonchev–Trinajstić information content (AvgIpc) is 3.21. The van der Waals surface area contributed by atoms with Crippen LogP contribution in [0.5, 0.6) is 0 Å². The van der Waals surface area contributed by atoms with Gasteiger partial charge in [-0.25, -0.2) is 4.39 Å². The molecule has 0 aliphatic heterocycles. The van der Waals surface area contributed by atoms with Gasteiger partial charge in [-0.3, -0.25) is 9.59 Å². The highest BCUT2D eigenvalue weighted by Crippen LogP contribution is 2.38. The minimum absolute atomic E-state index is 0.0210. The van der Waals surface area contributed by atoms with Crippen molar-refractivity contribution in [3.63, 3.8) is 0 Å². The highest BCUT2D eigenvalue weighted by Gasteiger charge is 2.29. The number of hydrogen-bond donors (Lipinski definition) is 2. The van der Waals surface area contributed by atoms with Crippen molar-refractivity contribution in [2.24, 2.45) is 5.92 Å². The van der Waals surface area contributed by atoms with Crippen LogP contribution in [0.3, 0.4) is 0 Å². The number of nitrogens with one attached hydrogen (secondary N) is 1. The Morgan fingerprint density at radius 3 is 2.56 bits per heavy atom. The van der Waals surface area contributed by atoms with E-state index in [1.807, 2.05) is 0 Å². The van der Waals surface area contributed by atoms with Crippen LogP contribution in [-0.4, -0.2) is 48.4 Å². The Labute approximate surface area is 212 Å². The number of carboxylic acids is 1. The Kier molecular flexibility index (Phi) is 9.87. The predicted molar refractivity (Wildman–Crippen MR) is 136 cm³/mol. The van der Waals surface area contributed by atoms with Crippen molar-refractivity contribution >= 4 is 23.3 Å². The van der Waals surface area contributed by atoms with Gasteiger partial charge in [-0.2, -0.15) is 0 Å². The summed E-state index contributed by atoms with van der Waals surface area (Å²) in [5.74, 6) is -1.51. The largest absolute Gasteiger partial charge is 0.481 e. The number of aromatic nitrogens is 1. The molecule has 2 aromatic rings. The van der Waals surface area contributed by atoms with Crippen LogP contribution in [0.25, 0.3) is 0 Å². The maximum Gasteiger partial charge on any atom is 0.304 e. The van der Waals surface area contributed by atoms with Crippen molar-refractivity contribution < 1.29 is 28.3 Å². The van der Waals surface area contributed by atoms with E-state index in [9.17, 15) is 14.7 Å². The number of carboxylic acid groups (broad SMARTS) is 1. The third kappa shape index (κ3) is 7.53. The number of rotatable bonds is 12. The molecule has 36 heavy (non-hydrogen) atoms. The molecule has 1 fully saturated rings. The molecule has 9 heteroatoms. The molecule has 1 atom stereocenters. The Morgan fingerprint density at radius 2 is 1.97 bits per heavy atom. The molecule has 1 unspecified atom stereocenters. The first-order valence-electron chi connectivity index (χ1n) is 12.7. The second-order valence-corrected chi connectivity index (χ2v) is 10.1. The average molecular weight is 504 g/mol. The summed E-state index contributed by atoms with van der Waals surface area (Å²) in [4.78, 5) is 26.6. The van der Waals surface area contributed by atoms with E-state index in [1.54, 1.807) is 19.1 Å². The van der Waals surface area contributed by atoms with Gasteiger partial charge in [0.2, 0.25) is 5.91 Å². The van der Waals surface area contributed by atoms with Gasteiger partial charge in [0.1, 0.15) is 11.6 Å². The lowest BCUT2D eigenvalue weighted by Gasteiger charge is -2.39. The first-order valence-corrected chi connectivity index (χ1v) is 12.7. The number of hydrogen-bond acceptors (Lipinski definition) is 6. The number of methoxy groups -OCH3 is 1. The lowest BCUT2D eigenvalue weighted by atomic mass is 9.91. The Morgan fingerprint density at radius 1 is 1.25 bits per heavy atom. The van der Waals surface area contributed by atoms with Crippen molar-refractivity contribution in [1.82, 2.24) is 5.16 Å². The van der Waals surface area contributed by atoms with E-state index in [1.165, 1.54) is 19.6 Å². The highest BCUT2D eigenvalue weighted by molar-refractivity contribution is 5.96. The van der Waals surface area contributed by atoms with Crippen molar-refractivity contribution in [2.45, 2.75) is 77.7 Å². The highest BCUT2D eigenvalue weighted by atomic mass is 19.1. The van der Waals surface area contributed by atoms with E-state index in [2.05, 4.69) is 29.2 Å². The molecule has 0 radical (unpaired) electrons. The first-order chi connectivity index (χ1) is 17.2. The number of ether oxygens (including phenoxy) is 1. The summed E-state index contributed by atoms with van der Waals surface area (Å²) in [7, 11) is 1.48. The molecule has 1 amide bonds.